The van der Waals surface area contributed by atoms with E-state index in [0.717, 1.165) is 0 Å². The molecule has 0 heterocycles. The number of fused-ring (bicyclic) bond motifs is 2. The van der Waals surface area contributed by atoms with E-state index in [4.69, 9.17) is 9.84 Å². The van der Waals surface area contributed by atoms with Gasteiger partial charge in [-0.2, -0.15) is 0 Å². The first-order valence-electron chi connectivity index (χ1n) is 5.74. The van der Waals surface area contributed by atoms with Gasteiger partial charge in [0, 0.05) is 11.8 Å². The van der Waals surface area contributed by atoms with Crippen LogP contribution in [0.5, 0.6) is 0 Å². The lowest BCUT2D eigenvalue weighted by molar-refractivity contribution is -0.167. The Labute approximate surface area is 98.2 Å². The predicted octanol–water partition coefficient (Wildman–Crippen LogP) is -0.762. The first-order valence-corrected chi connectivity index (χ1v) is 5.74. The molecule has 6 atom stereocenters. The van der Waals surface area contributed by atoms with Crippen LogP contribution in [-0.4, -0.2) is 46.1 Å². The fourth-order valence-corrected chi connectivity index (χ4v) is 3.25. The van der Waals surface area contributed by atoms with E-state index in [1.165, 1.54) is 0 Å². The van der Waals surface area contributed by atoms with E-state index < -0.39 is 47.8 Å². The fourth-order valence-electron chi connectivity index (χ4n) is 3.25. The van der Waals surface area contributed by atoms with E-state index in [1.807, 2.05) is 0 Å². The summed E-state index contributed by atoms with van der Waals surface area (Å²) in [5, 5.41) is 28.5. The molecule has 2 aliphatic rings. The van der Waals surface area contributed by atoms with Crippen LogP contribution >= 0.6 is 0 Å². The smallest absolute Gasteiger partial charge is 0.310 e. The molecule has 2 saturated carbocycles. The van der Waals surface area contributed by atoms with Crippen molar-refractivity contribution in [3.8, 4) is 0 Å². The third kappa shape index (κ3) is 1.71. The van der Waals surface area contributed by atoms with Crippen molar-refractivity contribution < 1.29 is 29.6 Å². The van der Waals surface area contributed by atoms with Crippen LogP contribution in [0.2, 0.25) is 0 Å². The highest BCUT2D eigenvalue weighted by Gasteiger charge is 2.62. The zero-order valence-electron chi connectivity index (χ0n) is 9.44. The molecular formula is C11H16O6. The normalized spacial score (nSPS) is 43.7. The standard InChI is InChI=1S/C11H16O6/c1-2-17-11(16)7-5-3-4(6(7)10(14)15)8(12)9(5)13/h4-9,12-13H,2-3H2,1H3,(H,14,15). The van der Waals surface area contributed by atoms with Crippen LogP contribution in [0.1, 0.15) is 13.3 Å². The maximum absolute atomic E-state index is 11.7. The number of carbonyl (C=O) groups is 2. The molecule has 0 radical (unpaired) electrons. The molecule has 0 aliphatic heterocycles. The zero-order valence-corrected chi connectivity index (χ0v) is 9.44. The summed E-state index contributed by atoms with van der Waals surface area (Å²) < 4.78 is 4.85. The summed E-state index contributed by atoms with van der Waals surface area (Å²) in [5.41, 5.74) is 0. The van der Waals surface area contributed by atoms with Crippen LogP contribution in [0, 0.1) is 23.7 Å². The highest BCUT2D eigenvalue weighted by molar-refractivity contribution is 5.83. The van der Waals surface area contributed by atoms with Crippen molar-refractivity contribution in [2.24, 2.45) is 23.7 Å². The van der Waals surface area contributed by atoms with Gasteiger partial charge in [0.1, 0.15) is 0 Å². The van der Waals surface area contributed by atoms with Gasteiger partial charge in [0.2, 0.25) is 0 Å². The average Bonchev–Trinajstić information content (AvgIpc) is 2.77. The van der Waals surface area contributed by atoms with E-state index in [9.17, 15) is 19.8 Å². The Hall–Kier alpha value is -1.14. The minimum Gasteiger partial charge on any atom is -0.481 e. The maximum atomic E-state index is 11.7. The Bertz CT molecular complexity index is 341. The Morgan fingerprint density at radius 2 is 1.71 bits per heavy atom. The molecular weight excluding hydrogens is 228 g/mol. The van der Waals surface area contributed by atoms with E-state index in [0.29, 0.717) is 6.42 Å². The van der Waals surface area contributed by atoms with E-state index in [-0.39, 0.29) is 6.61 Å². The predicted molar refractivity (Wildman–Crippen MR) is 54.9 cm³/mol. The fraction of sp³-hybridized carbons (Fsp3) is 0.818. The summed E-state index contributed by atoms with van der Waals surface area (Å²) >= 11 is 0. The topological polar surface area (TPSA) is 104 Å². The first-order chi connectivity index (χ1) is 7.99. The average molecular weight is 244 g/mol. The van der Waals surface area contributed by atoms with Crippen molar-refractivity contribution >= 4 is 11.9 Å². The summed E-state index contributed by atoms with van der Waals surface area (Å²) in [6, 6.07) is 0. The van der Waals surface area contributed by atoms with Gasteiger partial charge in [0.05, 0.1) is 30.7 Å². The summed E-state index contributed by atoms with van der Waals surface area (Å²) in [6.07, 6.45) is -1.71. The number of ether oxygens (including phenoxy) is 1. The Balaban J connectivity index is 2.25. The van der Waals surface area contributed by atoms with Gasteiger partial charge in [0.15, 0.2) is 0 Å². The number of carbonyl (C=O) groups excluding carboxylic acids is 1. The maximum Gasteiger partial charge on any atom is 0.310 e. The number of esters is 1. The second kappa shape index (κ2) is 4.27. The van der Waals surface area contributed by atoms with Crippen LogP contribution in [0.15, 0.2) is 0 Å². The number of aliphatic hydroxyl groups is 2. The number of aliphatic hydroxyl groups excluding tert-OH is 2. The second-order valence-electron chi connectivity index (χ2n) is 4.69. The number of hydrogen-bond acceptors (Lipinski definition) is 5. The third-order valence-electron chi connectivity index (χ3n) is 3.92. The molecule has 0 amide bonds. The van der Waals surface area contributed by atoms with Crippen LogP contribution in [-0.2, 0) is 14.3 Å². The van der Waals surface area contributed by atoms with Gasteiger partial charge in [-0.3, -0.25) is 9.59 Å². The first kappa shape index (κ1) is 12.3. The summed E-state index contributed by atoms with van der Waals surface area (Å²) in [5.74, 6) is -4.54. The molecule has 6 nitrogen and oxygen atoms in total. The van der Waals surface area contributed by atoms with Gasteiger partial charge in [-0.25, -0.2) is 0 Å². The molecule has 96 valence electrons. The lowest BCUT2D eigenvalue weighted by Crippen LogP contribution is -2.47. The Morgan fingerprint density at radius 3 is 2.18 bits per heavy atom. The molecule has 0 aromatic carbocycles. The van der Waals surface area contributed by atoms with Gasteiger partial charge in [-0.15, -0.1) is 0 Å². The SMILES string of the molecule is CCOC(=O)C1C2CC(C(O)C2O)C1C(=O)O. The molecule has 6 unspecified atom stereocenters. The Morgan fingerprint density at radius 1 is 1.18 bits per heavy atom. The van der Waals surface area contributed by atoms with Crippen molar-refractivity contribution in [2.45, 2.75) is 25.6 Å². The largest absolute Gasteiger partial charge is 0.481 e. The van der Waals surface area contributed by atoms with Crippen molar-refractivity contribution in [3.05, 3.63) is 0 Å². The lowest BCUT2D eigenvalue weighted by Gasteiger charge is -2.32. The highest BCUT2D eigenvalue weighted by atomic mass is 16.5. The van der Waals surface area contributed by atoms with Crippen LogP contribution in [0.25, 0.3) is 0 Å². The van der Waals surface area contributed by atoms with Gasteiger partial charge >= 0.3 is 11.9 Å². The number of aliphatic carboxylic acids is 1. The zero-order chi connectivity index (χ0) is 12.7. The number of rotatable bonds is 3. The van der Waals surface area contributed by atoms with E-state index >= 15 is 0 Å². The van der Waals surface area contributed by atoms with Gasteiger partial charge in [0.25, 0.3) is 0 Å². The van der Waals surface area contributed by atoms with E-state index in [1.54, 1.807) is 6.92 Å². The van der Waals surface area contributed by atoms with Gasteiger partial charge < -0.3 is 20.1 Å². The lowest BCUT2D eigenvalue weighted by atomic mass is 9.76. The molecule has 6 heteroatoms. The van der Waals surface area contributed by atoms with Crippen molar-refractivity contribution in [1.29, 1.82) is 0 Å². The van der Waals surface area contributed by atoms with Crippen molar-refractivity contribution in [2.75, 3.05) is 6.61 Å². The molecule has 3 N–H and O–H groups in total. The highest BCUT2D eigenvalue weighted by Crippen LogP contribution is 2.52. The minimum absolute atomic E-state index is 0.178. The molecule has 0 spiro atoms. The third-order valence-corrected chi connectivity index (χ3v) is 3.92. The molecule has 2 rings (SSSR count). The molecule has 17 heavy (non-hydrogen) atoms. The molecule has 0 saturated heterocycles. The van der Waals surface area contributed by atoms with Crippen LogP contribution in [0.4, 0.5) is 0 Å². The quantitative estimate of drug-likeness (QED) is 0.564. The Kier molecular flexibility index (Phi) is 3.09. The monoisotopic (exact) mass is 244 g/mol. The number of hydrogen-bond donors (Lipinski definition) is 3. The number of carboxylic acids is 1. The van der Waals surface area contributed by atoms with Crippen molar-refractivity contribution in [1.82, 2.24) is 0 Å². The molecule has 0 aromatic rings. The van der Waals surface area contributed by atoms with Gasteiger partial charge in [-0.05, 0) is 13.3 Å². The molecule has 2 aliphatic carbocycles. The summed E-state index contributed by atoms with van der Waals surface area (Å²) in [4.78, 5) is 22.9. The van der Waals surface area contributed by atoms with Gasteiger partial charge in [-0.1, -0.05) is 0 Å². The van der Waals surface area contributed by atoms with Crippen LogP contribution < -0.4 is 0 Å². The minimum atomic E-state index is -1.11. The van der Waals surface area contributed by atoms with Crippen LogP contribution in [0.3, 0.4) is 0 Å². The number of carboxylic acid groups (broad SMARTS) is 1. The molecule has 2 bridgehead atoms. The molecule has 0 aromatic heterocycles. The van der Waals surface area contributed by atoms with E-state index in [2.05, 4.69) is 0 Å². The summed E-state index contributed by atoms with van der Waals surface area (Å²) in [6.45, 7) is 1.82. The summed E-state index contributed by atoms with van der Waals surface area (Å²) in [7, 11) is 0. The molecule has 2 fully saturated rings. The van der Waals surface area contributed by atoms with Crippen molar-refractivity contribution in [3.63, 3.8) is 0 Å². The second-order valence-corrected chi connectivity index (χ2v) is 4.69.